The molecule has 0 fully saturated rings. The van der Waals surface area contributed by atoms with E-state index in [-0.39, 0.29) is 49.1 Å². The van der Waals surface area contributed by atoms with Crippen molar-refractivity contribution in [2.75, 3.05) is 0 Å². The van der Waals surface area contributed by atoms with Crippen LogP contribution in [-0.4, -0.2) is 34.1 Å². The van der Waals surface area contributed by atoms with Gasteiger partial charge in [-0.25, -0.2) is 8.42 Å². The molecular weight excluding hydrogens is 364 g/mol. The summed E-state index contributed by atoms with van der Waals surface area (Å²) >= 11 is 0. The van der Waals surface area contributed by atoms with Crippen molar-refractivity contribution in [2.45, 2.75) is 4.90 Å². The van der Waals surface area contributed by atoms with E-state index in [1.165, 1.54) is 30.3 Å². The number of hydrogen-bond donors (Lipinski definition) is 2. The van der Waals surface area contributed by atoms with Crippen molar-refractivity contribution in [3.63, 3.8) is 0 Å². The molecule has 11 heteroatoms. The van der Waals surface area contributed by atoms with Gasteiger partial charge in [0.05, 0.1) is 16.3 Å². The Balaban J connectivity index is 0. The number of azo groups is 1. The standard InChI is InChI=1S/C12H10N2O5S.2H2O.Ti/c15-11-6-3-9(7-12(11)16)14-13-8-1-4-10(5-2-8)20(17,18)19;;;/h1-7,15-16H,(H,17,18,19);2*1H2;/p-1. The molecule has 0 aliphatic heterocycles. The van der Waals surface area contributed by atoms with Gasteiger partial charge in [-0.3, -0.25) is 0 Å². The van der Waals surface area contributed by atoms with Crippen molar-refractivity contribution in [3.05, 3.63) is 42.5 Å². The third kappa shape index (κ3) is 6.44. The molecule has 0 saturated carbocycles. The number of nitrogens with zero attached hydrogens (tertiary/aromatic N) is 2. The van der Waals surface area contributed by atoms with Crippen LogP contribution in [0.25, 0.3) is 0 Å². The van der Waals surface area contributed by atoms with Crippen molar-refractivity contribution in [3.8, 4) is 11.5 Å². The zero-order valence-corrected chi connectivity index (χ0v) is 13.8. The molecule has 0 radical (unpaired) electrons. The number of phenolic OH excluding ortho intramolecular Hbond substituents is 2. The van der Waals surface area contributed by atoms with Crippen LogP contribution in [0.3, 0.4) is 0 Å². The first-order valence-electron chi connectivity index (χ1n) is 5.36. The summed E-state index contributed by atoms with van der Waals surface area (Å²) < 4.78 is 32.2. The van der Waals surface area contributed by atoms with E-state index in [0.717, 1.165) is 12.1 Å². The predicted molar refractivity (Wildman–Crippen MR) is 75.6 cm³/mol. The first-order chi connectivity index (χ1) is 9.36. The molecular formula is C12H13N2O7STi-. The van der Waals surface area contributed by atoms with Crippen LogP contribution in [0.5, 0.6) is 11.5 Å². The monoisotopic (exact) mass is 377 g/mol. The average Bonchev–Trinajstić information content (AvgIpc) is 2.40. The zero-order chi connectivity index (χ0) is 14.8. The Morgan fingerprint density at radius 1 is 0.826 bits per heavy atom. The molecule has 124 valence electrons. The van der Waals surface area contributed by atoms with Crippen LogP contribution >= 0.6 is 0 Å². The summed E-state index contributed by atoms with van der Waals surface area (Å²) in [6, 6.07) is 8.83. The number of phenols is 2. The Hall–Kier alpha value is -1.82. The Morgan fingerprint density at radius 3 is 1.78 bits per heavy atom. The fourth-order valence-corrected chi connectivity index (χ4v) is 1.84. The molecule has 0 aliphatic rings. The van der Waals surface area contributed by atoms with E-state index < -0.39 is 10.1 Å². The smallest absolute Gasteiger partial charge is 0.159 e. The van der Waals surface area contributed by atoms with E-state index in [1.54, 1.807) is 0 Å². The molecule has 0 unspecified atom stereocenters. The summed E-state index contributed by atoms with van der Waals surface area (Å²) in [5, 5.41) is 26.0. The minimum Gasteiger partial charge on any atom is -0.744 e. The van der Waals surface area contributed by atoms with E-state index >= 15 is 0 Å². The van der Waals surface area contributed by atoms with Crippen LogP contribution in [0.1, 0.15) is 0 Å². The molecule has 0 heterocycles. The maximum atomic E-state index is 10.7. The van der Waals surface area contributed by atoms with Crippen LogP contribution in [0.2, 0.25) is 0 Å². The van der Waals surface area contributed by atoms with Crippen LogP contribution in [0, 0.1) is 0 Å². The van der Waals surface area contributed by atoms with Crippen LogP contribution < -0.4 is 0 Å². The van der Waals surface area contributed by atoms with E-state index in [1.807, 2.05) is 0 Å². The van der Waals surface area contributed by atoms with Gasteiger partial charge in [0, 0.05) is 27.8 Å². The summed E-state index contributed by atoms with van der Waals surface area (Å²) in [5.74, 6) is -0.594. The quantitative estimate of drug-likeness (QED) is 0.345. The van der Waals surface area contributed by atoms with Gasteiger partial charge in [0.1, 0.15) is 10.1 Å². The summed E-state index contributed by atoms with van der Waals surface area (Å²) in [6.45, 7) is 0. The number of aromatic hydroxyl groups is 2. The fraction of sp³-hybridized carbons (Fsp3) is 0. The van der Waals surface area contributed by atoms with Gasteiger partial charge >= 0.3 is 0 Å². The van der Waals surface area contributed by atoms with E-state index in [4.69, 9.17) is 5.11 Å². The molecule has 0 atom stereocenters. The van der Waals surface area contributed by atoms with E-state index in [9.17, 15) is 18.1 Å². The molecule has 23 heavy (non-hydrogen) atoms. The molecule has 2 aromatic rings. The molecule has 0 saturated heterocycles. The first kappa shape index (κ1) is 23.5. The minimum absolute atomic E-state index is 0. The van der Waals surface area contributed by atoms with Gasteiger partial charge in [-0.05, 0) is 36.4 Å². The first-order valence-corrected chi connectivity index (χ1v) is 6.77. The van der Waals surface area contributed by atoms with Crippen LogP contribution in [-0.2, 0) is 31.8 Å². The molecule has 0 spiro atoms. The summed E-state index contributed by atoms with van der Waals surface area (Å²) in [6.07, 6.45) is 0. The van der Waals surface area contributed by atoms with Crippen molar-refractivity contribution in [2.24, 2.45) is 10.2 Å². The number of rotatable bonds is 3. The topological polar surface area (TPSA) is 185 Å². The molecule has 6 N–H and O–H groups in total. The second kappa shape index (κ2) is 9.35. The molecule has 2 rings (SSSR count). The Kier molecular flexibility index (Phi) is 9.53. The largest absolute Gasteiger partial charge is 0.744 e. The maximum absolute atomic E-state index is 10.7. The summed E-state index contributed by atoms with van der Waals surface area (Å²) in [4.78, 5) is -0.348. The molecule has 9 nitrogen and oxygen atoms in total. The van der Waals surface area contributed by atoms with Crippen molar-refractivity contribution < 1.29 is 55.9 Å². The van der Waals surface area contributed by atoms with Crippen molar-refractivity contribution in [1.29, 1.82) is 0 Å². The Labute approximate surface area is 146 Å². The van der Waals surface area contributed by atoms with Gasteiger partial charge in [-0.2, -0.15) is 10.2 Å². The third-order valence-corrected chi connectivity index (χ3v) is 3.21. The SMILES string of the molecule is O.O.O=S(=O)([O-])c1ccc(N=Nc2ccc(O)c(O)c2)cc1.[Ti]. The third-order valence-electron chi connectivity index (χ3n) is 2.37. The molecule has 0 amide bonds. The average molecular weight is 377 g/mol. The Bertz CT molecular complexity index is 763. The molecule has 0 aromatic heterocycles. The van der Waals surface area contributed by atoms with Gasteiger partial charge < -0.3 is 25.7 Å². The van der Waals surface area contributed by atoms with Gasteiger partial charge in [-0.1, -0.05) is 0 Å². The van der Waals surface area contributed by atoms with Gasteiger partial charge in [-0.15, -0.1) is 0 Å². The molecule has 0 aliphatic carbocycles. The second-order valence-electron chi connectivity index (χ2n) is 3.82. The molecule has 0 bridgehead atoms. The van der Waals surface area contributed by atoms with Crippen LogP contribution in [0.15, 0.2) is 57.6 Å². The fourth-order valence-electron chi connectivity index (χ4n) is 1.37. The van der Waals surface area contributed by atoms with Gasteiger partial charge in [0.25, 0.3) is 0 Å². The maximum Gasteiger partial charge on any atom is 0.159 e. The van der Waals surface area contributed by atoms with E-state index in [2.05, 4.69) is 10.2 Å². The summed E-state index contributed by atoms with van der Waals surface area (Å²) in [5.41, 5.74) is 0.644. The van der Waals surface area contributed by atoms with Gasteiger partial charge in [0.2, 0.25) is 0 Å². The van der Waals surface area contributed by atoms with Crippen molar-refractivity contribution in [1.82, 2.24) is 0 Å². The van der Waals surface area contributed by atoms with Gasteiger partial charge in [0.15, 0.2) is 11.5 Å². The minimum atomic E-state index is -4.48. The normalized spacial score (nSPS) is 10.3. The number of hydrogen-bond acceptors (Lipinski definition) is 7. The van der Waals surface area contributed by atoms with Crippen LogP contribution in [0.4, 0.5) is 11.4 Å². The zero-order valence-electron chi connectivity index (χ0n) is 11.5. The second-order valence-corrected chi connectivity index (χ2v) is 5.20. The van der Waals surface area contributed by atoms with E-state index in [0.29, 0.717) is 11.4 Å². The Morgan fingerprint density at radius 2 is 1.30 bits per heavy atom. The molecule has 2 aromatic carbocycles. The number of benzene rings is 2. The predicted octanol–water partition coefficient (Wildman–Crippen LogP) is 0.765. The summed E-state index contributed by atoms with van der Waals surface area (Å²) in [7, 11) is -4.48. The van der Waals surface area contributed by atoms with Crippen molar-refractivity contribution >= 4 is 21.5 Å².